The van der Waals surface area contributed by atoms with Crippen LogP contribution in [0.5, 0.6) is 0 Å². The van der Waals surface area contributed by atoms with Crippen LogP contribution >= 0.6 is 28.9 Å². The lowest BCUT2D eigenvalue weighted by atomic mass is 9.97. The highest BCUT2D eigenvalue weighted by molar-refractivity contribution is 8.76. The third-order valence-corrected chi connectivity index (χ3v) is 13.6. The maximum Gasteiger partial charge on any atom is 0.220 e. The van der Waals surface area contributed by atoms with Crippen LogP contribution in [0.2, 0.25) is 0 Å². The number of hydrogen-bond acceptors (Lipinski definition) is 7. The minimum atomic E-state index is -2.93. The van der Waals surface area contributed by atoms with Crippen molar-refractivity contribution in [3.05, 3.63) is 59.3 Å². The first kappa shape index (κ1) is 40.5. The topological polar surface area (TPSA) is 97.4 Å². The molecule has 2 rings (SSSR count). The Morgan fingerprint density at radius 1 is 1.02 bits per heavy atom. The summed E-state index contributed by atoms with van der Waals surface area (Å²) in [6.07, 6.45) is 3.65. The molecule has 1 heterocycles. The third kappa shape index (κ3) is 16.0. The van der Waals surface area contributed by atoms with E-state index < -0.39 is 7.29 Å². The van der Waals surface area contributed by atoms with Crippen molar-refractivity contribution < 1.29 is 18.9 Å². The summed E-state index contributed by atoms with van der Waals surface area (Å²) >= 11 is 0. The Morgan fingerprint density at radius 3 is 2.35 bits per heavy atom. The van der Waals surface area contributed by atoms with Crippen LogP contribution in [0.1, 0.15) is 109 Å². The molecule has 258 valence electrons. The number of benzene rings is 1. The molecule has 0 spiro atoms. The molecular formula is C36H58N3O4PS2. The number of carbonyl (C=O) groups excluding carboxylic acids is 2. The van der Waals surface area contributed by atoms with Crippen molar-refractivity contribution in [2.45, 2.75) is 105 Å². The minimum absolute atomic E-state index is 0.0370. The van der Waals surface area contributed by atoms with Crippen LogP contribution in [0.3, 0.4) is 0 Å². The number of ether oxygens (including phenoxy) is 1. The van der Waals surface area contributed by atoms with Gasteiger partial charge in [0.2, 0.25) is 5.91 Å². The third-order valence-electron chi connectivity index (χ3n) is 7.95. The van der Waals surface area contributed by atoms with Gasteiger partial charge in [-0.25, -0.2) is 4.98 Å². The predicted octanol–water partition coefficient (Wildman–Crippen LogP) is 9.02. The molecule has 2 aromatic rings. The molecule has 0 bridgehead atoms. The summed E-state index contributed by atoms with van der Waals surface area (Å²) in [6.45, 7) is 20.2. The number of hydrogen-bond donors (Lipinski definition) is 2. The molecule has 10 heteroatoms. The molecule has 2 unspecified atom stereocenters. The van der Waals surface area contributed by atoms with Crippen LogP contribution in [0.25, 0.3) is 0 Å². The first-order valence-corrected chi connectivity index (χ1v) is 21.0. The van der Waals surface area contributed by atoms with E-state index in [9.17, 15) is 14.2 Å². The molecule has 0 aliphatic rings. The highest BCUT2D eigenvalue weighted by Gasteiger charge is 2.34. The van der Waals surface area contributed by atoms with E-state index in [1.807, 2.05) is 30.3 Å². The van der Waals surface area contributed by atoms with Gasteiger partial charge in [-0.05, 0) is 79.4 Å². The van der Waals surface area contributed by atoms with Gasteiger partial charge < -0.3 is 14.6 Å². The number of rotatable bonds is 22. The Hall–Kier alpha value is -1.64. The van der Waals surface area contributed by atoms with Gasteiger partial charge in [-0.15, -0.1) is 0 Å². The van der Waals surface area contributed by atoms with Crippen molar-refractivity contribution in [2.75, 3.05) is 37.8 Å². The van der Waals surface area contributed by atoms with Gasteiger partial charge in [0, 0.05) is 48.8 Å². The first-order chi connectivity index (χ1) is 21.5. The Kier molecular flexibility index (Phi) is 17.1. The number of nitrogens with zero attached hydrogens (tertiary/aromatic N) is 1. The lowest BCUT2D eigenvalue weighted by Gasteiger charge is -2.34. The van der Waals surface area contributed by atoms with E-state index in [1.165, 1.54) is 0 Å². The van der Waals surface area contributed by atoms with E-state index in [1.54, 1.807) is 28.5 Å². The van der Waals surface area contributed by atoms with Crippen molar-refractivity contribution in [1.29, 1.82) is 0 Å². The molecule has 1 aromatic heterocycles. The molecular weight excluding hydrogens is 634 g/mol. The average Bonchev–Trinajstić information content (AvgIpc) is 2.99. The number of Topliss-reactive ketones (excluding diaryl/α,β-unsaturated/α-hetero) is 1. The fraction of sp³-hybridized carbons (Fsp3) is 0.639. The summed E-state index contributed by atoms with van der Waals surface area (Å²) in [5, 5.41) is 7.39. The lowest BCUT2D eigenvalue weighted by Crippen LogP contribution is -2.36. The number of amides is 1. The summed E-state index contributed by atoms with van der Waals surface area (Å²) < 4.78 is 20.9. The second-order valence-corrected chi connectivity index (χ2v) is 19.4. The predicted molar refractivity (Wildman–Crippen MR) is 198 cm³/mol. The van der Waals surface area contributed by atoms with E-state index in [4.69, 9.17) is 9.72 Å². The van der Waals surface area contributed by atoms with Gasteiger partial charge in [-0.1, -0.05) is 89.1 Å². The number of nitrogens with one attached hydrogen (secondary N) is 2. The summed E-state index contributed by atoms with van der Waals surface area (Å²) in [5.41, 5.74) is 2.08. The minimum Gasteiger partial charge on any atom is -0.374 e. The van der Waals surface area contributed by atoms with Crippen molar-refractivity contribution in [2.24, 2.45) is 11.3 Å². The molecule has 0 saturated carbocycles. The van der Waals surface area contributed by atoms with Crippen LogP contribution < -0.4 is 10.4 Å². The average molecular weight is 692 g/mol. The molecule has 0 radical (unpaired) electrons. The smallest absolute Gasteiger partial charge is 0.220 e. The van der Waals surface area contributed by atoms with Crippen LogP contribution in [-0.2, 0) is 20.5 Å². The van der Waals surface area contributed by atoms with Crippen molar-refractivity contribution in [3.63, 3.8) is 0 Å². The Morgan fingerprint density at radius 2 is 1.72 bits per heavy atom. The standard InChI is InChI=1S/C36H58N3O4PS2/c1-10-28(4)18-21-37-33(41)20-23-44(42,38-22-19-30-14-16-31(17-15-30)29(5)40)25-35(6,7)24-43-36(8,9)26-45-46-34-13-11-12-32(39-34)27(2)3/h11-17,27-28H,10,18-26H2,1-9H3,(H,37,41)(H,38,42). The molecule has 0 aliphatic carbocycles. The highest BCUT2D eigenvalue weighted by atomic mass is 33.1. The summed E-state index contributed by atoms with van der Waals surface area (Å²) in [6, 6.07) is 13.7. The van der Waals surface area contributed by atoms with E-state index in [0.717, 1.165) is 34.9 Å². The van der Waals surface area contributed by atoms with E-state index in [-0.39, 0.29) is 29.1 Å². The number of aromatic nitrogens is 1. The zero-order valence-corrected chi connectivity index (χ0v) is 32.1. The van der Waals surface area contributed by atoms with E-state index in [0.29, 0.717) is 55.8 Å². The summed E-state index contributed by atoms with van der Waals surface area (Å²) in [4.78, 5) is 29.1. The zero-order valence-electron chi connectivity index (χ0n) is 29.6. The maximum absolute atomic E-state index is 14.4. The van der Waals surface area contributed by atoms with Gasteiger partial charge in [-0.3, -0.25) is 14.7 Å². The molecule has 46 heavy (non-hydrogen) atoms. The monoisotopic (exact) mass is 691 g/mol. The van der Waals surface area contributed by atoms with Gasteiger partial charge in [0.05, 0.1) is 12.2 Å². The molecule has 7 nitrogen and oxygen atoms in total. The Labute approximate surface area is 286 Å². The SMILES string of the molecule is CCC(C)CCNC(=O)CCP(=O)(CC(C)(C)COC(C)(C)CSSc1cccc(C(C)C)n1)NCCc1ccc(C(C)=O)cc1. The van der Waals surface area contributed by atoms with Gasteiger partial charge in [0.1, 0.15) is 12.3 Å². The second-order valence-electron chi connectivity index (χ2n) is 14.2. The van der Waals surface area contributed by atoms with Gasteiger partial charge in [0.25, 0.3) is 0 Å². The number of carbonyl (C=O) groups is 2. The van der Waals surface area contributed by atoms with Gasteiger partial charge in [-0.2, -0.15) is 0 Å². The lowest BCUT2D eigenvalue weighted by molar-refractivity contribution is -0.120. The summed E-state index contributed by atoms with van der Waals surface area (Å²) in [7, 11) is 0.461. The highest BCUT2D eigenvalue weighted by Crippen LogP contribution is 2.47. The van der Waals surface area contributed by atoms with Crippen molar-refractivity contribution >= 4 is 40.6 Å². The van der Waals surface area contributed by atoms with E-state index in [2.05, 4.69) is 77.9 Å². The molecule has 0 fully saturated rings. The second kappa shape index (κ2) is 19.4. The quantitative estimate of drug-likeness (QED) is 0.0718. The number of ketones is 1. The fourth-order valence-electron chi connectivity index (χ4n) is 4.76. The Balaban J connectivity index is 1.98. The maximum atomic E-state index is 14.4. The fourth-order valence-corrected chi connectivity index (χ4v) is 10.2. The van der Waals surface area contributed by atoms with Crippen molar-refractivity contribution in [1.82, 2.24) is 15.4 Å². The molecule has 1 aromatic carbocycles. The zero-order chi connectivity index (χ0) is 34.4. The molecule has 0 saturated heterocycles. The molecule has 0 aliphatic heterocycles. The molecule has 2 atom stereocenters. The van der Waals surface area contributed by atoms with Crippen LogP contribution in [0.15, 0.2) is 47.5 Å². The number of pyridine rings is 1. The Bertz CT molecular complexity index is 1280. The summed E-state index contributed by atoms with van der Waals surface area (Å²) in [5.74, 6) is 1.71. The first-order valence-electron chi connectivity index (χ1n) is 16.6. The van der Waals surface area contributed by atoms with Gasteiger partial charge >= 0.3 is 0 Å². The van der Waals surface area contributed by atoms with Crippen molar-refractivity contribution in [3.8, 4) is 0 Å². The van der Waals surface area contributed by atoms with Crippen LogP contribution in [0, 0.1) is 11.3 Å². The molecule has 1 amide bonds. The van der Waals surface area contributed by atoms with Crippen LogP contribution in [0.4, 0.5) is 0 Å². The van der Waals surface area contributed by atoms with Crippen LogP contribution in [-0.4, -0.2) is 60.0 Å². The van der Waals surface area contributed by atoms with Gasteiger partial charge in [0.15, 0.2) is 5.78 Å². The van der Waals surface area contributed by atoms with E-state index >= 15 is 0 Å². The normalized spacial score (nSPS) is 14.2. The molecule has 2 N–H and O–H groups in total. The largest absolute Gasteiger partial charge is 0.374 e.